The number of amides is 1. The average Bonchev–Trinajstić information content (AvgIpc) is 3.10. The summed E-state index contributed by atoms with van der Waals surface area (Å²) in [6.07, 6.45) is 3.31. The van der Waals surface area contributed by atoms with E-state index in [1.54, 1.807) is 49.8 Å². The van der Waals surface area contributed by atoms with E-state index in [0.717, 1.165) is 16.0 Å². The molecular formula is C20H15N3O3S. The summed E-state index contributed by atoms with van der Waals surface area (Å²) in [7, 11) is 1.62. The predicted molar refractivity (Wildman–Crippen MR) is 105 cm³/mol. The van der Waals surface area contributed by atoms with Crippen molar-refractivity contribution in [3.63, 3.8) is 0 Å². The van der Waals surface area contributed by atoms with Gasteiger partial charge in [0.1, 0.15) is 17.2 Å². The Balaban J connectivity index is 1.46. The van der Waals surface area contributed by atoms with E-state index in [1.807, 2.05) is 24.3 Å². The summed E-state index contributed by atoms with van der Waals surface area (Å²) in [6, 6.07) is 16.1. The Kier molecular flexibility index (Phi) is 4.67. The number of nitrogens with one attached hydrogen (secondary N) is 1. The van der Waals surface area contributed by atoms with Crippen LogP contribution in [0.3, 0.4) is 0 Å². The molecule has 7 heteroatoms. The summed E-state index contributed by atoms with van der Waals surface area (Å²) < 4.78 is 11.8. The van der Waals surface area contributed by atoms with Crippen molar-refractivity contribution in [2.24, 2.45) is 0 Å². The molecule has 0 aliphatic rings. The summed E-state index contributed by atoms with van der Waals surface area (Å²) in [5.74, 6) is 1.80. The van der Waals surface area contributed by atoms with Crippen molar-refractivity contribution in [2.45, 2.75) is 0 Å². The van der Waals surface area contributed by atoms with Gasteiger partial charge in [0.15, 0.2) is 5.13 Å². The molecular weight excluding hydrogens is 362 g/mol. The van der Waals surface area contributed by atoms with E-state index in [0.29, 0.717) is 22.2 Å². The molecule has 2 aromatic heterocycles. The zero-order valence-corrected chi connectivity index (χ0v) is 15.2. The quantitative estimate of drug-likeness (QED) is 0.544. The minimum atomic E-state index is -0.228. The number of hydrogen-bond acceptors (Lipinski definition) is 6. The third kappa shape index (κ3) is 3.88. The number of nitrogens with zero attached hydrogens (tertiary/aromatic N) is 2. The molecule has 0 aliphatic carbocycles. The van der Waals surface area contributed by atoms with E-state index >= 15 is 0 Å². The van der Waals surface area contributed by atoms with Gasteiger partial charge in [-0.15, -0.1) is 0 Å². The molecule has 6 nitrogen and oxygen atoms in total. The van der Waals surface area contributed by atoms with Gasteiger partial charge in [-0.2, -0.15) is 0 Å². The van der Waals surface area contributed by atoms with Gasteiger partial charge < -0.3 is 9.47 Å². The summed E-state index contributed by atoms with van der Waals surface area (Å²) in [5.41, 5.74) is 1.33. The first-order valence-corrected chi connectivity index (χ1v) is 8.97. The van der Waals surface area contributed by atoms with E-state index in [-0.39, 0.29) is 5.91 Å². The van der Waals surface area contributed by atoms with Gasteiger partial charge in [-0.05, 0) is 54.6 Å². The third-order valence-electron chi connectivity index (χ3n) is 3.80. The van der Waals surface area contributed by atoms with Crippen LogP contribution in [0, 0.1) is 0 Å². The smallest absolute Gasteiger partial charge is 0.257 e. The number of ether oxygens (including phenoxy) is 2. The van der Waals surface area contributed by atoms with Crippen LogP contribution in [0.2, 0.25) is 0 Å². The van der Waals surface area contributed by atoms with E-state index in [1.165, 1.54) is 11.3 Å². The standard InChI is InChI=1S/C20H15N3O3S/c1-25-15-8-9-17-18(11-15)27-20(22-17)23-19(24)13-4-6-14(7-5-13)26-16-3-2-10-21-12-16/h2-12H,1H3,(H,22,23,24). The van der Waals surface area contributed by atoms with E-state index in [4.69, 9.17) is 9.47 Å². The Morgan fingerprint density at radius 2 is 1.85 bits per heavy atom. The highest BCUT2D eigenvalue weighted by molar-refractivity contribution is 7.22. The average molecular weight is 377 g/mol. The zero-order chi connectivity index (χ0) is 18.6. The molecule has 27 heavy (non-hydrogen) atoms. The Bertz CT molecular complexity index is 1080. The lowest BCUT2D eigenvalue weighted by atomic mass is 10.2. The molecule has 0 atom stereocenters. The molecule has 0 aliphatic heterocycles. The van der Waals surface area contributed by atoms with Crippen LogP contribution < -0.4 is 14.8 Å². The summed E-state index contributed by atoms with van der Waals surface area (Å²) in [5, 5.41) is 3.37. The molecule has 1 amide bonds. The van der Waals surface area contributed by atoms with Gasteiger partial charge in [0, 0.05) is 11.8 Å². The molecule has 0 fully saturated rings. The van der Waals surface area contributed by atoms with Gasteiger partial charge in [0.25, 0.3) is 5.91 Å². The van der Waals surface area contributed by atoms with Crippen molar-refractivity contribution < 1.29 is 14.3 Å². The van der Waals surface area contributed by atoms with Crippen molar-refractivity contribution in [1.82, 2.24) is 9.97 Å². The van der Waals surface area contributed by atoms with Crippen molar-refractivity contribution in [3.8, 4) is 17.2 Å². The highest BCUT2D eigenvalue weighted by Gasteiger charge is 2.11. The maximum Gasteiger partial charge on any atom is 0.257 e. The molecule has 0 bridgehead atoms. The molecule has 134 valence electrons. The maximum atomic E-state index is 12.5. The SMILES string of the molecule is COc1ccc2nc(NC(=O)c3ccc(Oc4cccnc4)cc3)sc2c1. The Morgan fingerprint density at radius 1 is 1.04 bits per heavy atom. The lowest BCUT2D eigenvalue weighted by molar-refractivity contribution is 0.102. The minimum absolute atomic E-state index is 0.228. The topological polar surface area (TPSA) is 73.3 Å². The first-order chi connectivity index (χ1) is 13.2. The predicted octanol–water partition coefficient (Wildman–Crippen LogP) is 4.74. The van der Waals surface area contributed by atoms with Crippen LogP contribution in [-0.4, -0.2) is 23.0 Å². The van der Waals surface area contributed by atoms with Crippen LogP contribution in [-0.2, 0) is 0 Å². The fourth-order valence-electron chi connectivity index (χ4n) is 2.47. The molecule has 2 aromatic carbocycles. The first-order valence-electron chi connectivity index (χ1n) is 8.15. The van der Waals surface area contributed by atoms with E-state index < -0.39 is 0 Å². The third-order valence-corrected chi connectivity index (χ3v) is 4.74. The second kappa shape index (κ2) is 7.43. The number of hydrogen-bond donors (Lipinski definition) is 1. The number of methoxy groups -OCH3 is 1. The van der Waals surface area contributed by atoms with Crippen LogP contribution in [0.1, 0.15) is 10.4 Å². The van der Waals surface area contributed by atoms with Gasteiger partial charge in [-0.3, -0.25) is 15.1 Å². The molecule has 0 saturated carbocycles. The largest absolute Gasteiger partial charge is 0.497 e. The number of thiazole rings is 1. The fraction of sp³-hybridized carbons (Fsp3) is 0.0500. The second-order valence-corrected chi connectivity index (χ2v) is 6.65. The number of benzene rings is 2. The summed E-state index contributed by atoms with van der Waals surface area (Å²) >= 11 is 1.40. The molecule has 0 spiro atoms. The number of aromatic nitrogens is 2. The Labute approximate surface area is 159 Å². The summed E-state index contributed by atoms with van der Waals surface area (Å²) in [4.78, 5) is 20.9. The first kappa shape index (κ1) is 17.0. The maximum absolute atomic E-state index is 12.5. The number of rotatable bonds is 5. The molecule has 0 saturated heterocycles. The zero-order valence-electron chi connectivity index (χ0n) is 14.4. The molecule has 1 N–H and O–H groups in total. The van der Waals surface area contributed by atoms with Crippen molar-refractivity contribution in [1.29, 1.82) is 0 Å². The number of fused-ring (bicyclic) bond motifs is 1. The monoisotopic (exact) mass is 377 g/mol. The molecule has 2 heterocycles. The van der Waals surface area contributed by atoms with E-state index in [2.05, 4.69) is 15.3 Å². The van der Waals surface area contributed by atoms with Crippen molar-refractivity contribution in [2.75, 3.05) is 12.4 Å². The normalized spacial score (nSPS) is 10.6. The molecule has 4 aromatic rings. The van der Waals surface area contributed by atoms with Crippen LogP contribution in [0.4, 0.5) is 5.13 Å². The van der Waals surface area contributed by atoms with Crippen LogP contribution >= 0.6 is 11.3 Å². The second-order valence-electron chi connectivity index (χ2n) is 5.62. The Hall–Kier alpha value is -3.45. The summed E-state index contributed by atoms with van der Waals surface area (Å²) in [6.45, 7) is 0. The number of pyridine rings is 1. The van der Waals surface area contributed by atoms with Gasteiger partial charge in [0.2, 0.25) is 0 Å². The van der Waals surface area contributed by atoms with Crippen molar-refractivity contribution in [3.05, 3.63) is 72.6 Å². The lowest BCUT2D eigenvalue weighted by Gasteiger charge is -2.06. The van der Waals surface area contributed by atoms with Gasteiger partial charge in [0.05, 0.1) is 23.5 Å². The van der Waals surface area contributed by atoms with E-state index in [9.17, 15) is 4.79 Å². The van der Waals surface area contributed by atoms with Crippen LogP contribution in [0.15, 0.2) is 67.0 Å². The Morgan fingerprint density at radius 3 is 2.59 bits per heavy atom. The van der Waals surface area contributed by atoms with Gasteiger partial charge >= 0.3 is 0 Å². The van der Waals surface area contributed by atoms with Crippen LogP contribution in [0.5, 0.6) is 17.2 Å². The molecule has 0 radical (unpaired) electrons. The van der Waals surface area contributed by atoms with Gasteiger partial charge in [-0.25, -0.2) is 4.98 Å². The number of carbonyl (C=O) groups excluding carboxylic acids is 1. The fourth-order valence-corrected chi connectivity index (χ4v) is 3.36. The van der Waals surface area contributed by atoms with Gasteiger partial charge in [-0.1, -0.05) is 11.3 Å². The highest BCUT2D eigenvalue weighted by Crippen LogP contribution is 2.29. The highest BCUT2D eigenvalue weighted by atomic mass is 32.1. The molecule has 0 unspecified atom stereocenters. The number of carbonyl (C=O) groups is 1. The van der Waals surface area contributed by atoms with Crippen LogP contribution in [0.25, 0.3) is 10.2 Å². The van der Waals surface area contributed by atoms with Crippen molar-refractivity contribution >= 4 is 32.6 Å². The molecule has 4 rings (SSSR count). The minimum Gasteiger partial charge on any atom is -0.497 e. The number of anilines is 1. The lowest BCUT2D eigenvalue weighted by Crippen LogP contribution is -2.11.